The minimum atomic E-state index is -0.398. The third-order valence-electron chi connectivity index (χ3n) is 5.72. The largest absolute Gasteiger partial charge is 0.370 e. The van der Waals surface area contributed by atoms with Crippen LogP contribution >= 0.6 is 27.3 Å². The van der Waals surface area contributed by atoms with Crippen LogP contribution in [0.4, 0.5) is 10.1 Å². The van der Waals surface area contributed by atoms with E-state index in [4.69, 9.17) is 0 Å². The van der Waals surface area contributed by atoms with Gasteiger partial charge in [-0.25, -0.2) is 4.39 Å². The number of rotatable bonds is 3. The number of carbonyl (C=O) groups excluding carboxylic acids is 1. The molecule has 28 heavy (non-hydrogen) atoms. The fraction of sp³-hybridized carbons (Fsp3) is 0.429. The monoisotopic (exact) mass is 461 g/mol. The Morgan fingerprint density at radius 1 is 1.21 bits per heavy atom. The topological polar surface area (TPSA) is 47.3 Å². The Labute approximate surface area is 176 Å². The fourth-order valence-electron chi connectivity index (χ4n) is 4.30. The summed E-state index contributed by atoms with van der Waals surface area (Å²) in [4.78, 5) is 18.6. The summed E-state index contributed by atoms with van der Waals surface area (Å²) in [5, 5.41) is 11.4. The molecule has 4 nitrogen and oxygen atoms in total. The minimum Gasteiger partial charge on any atom is -0.370 e. The fourth-order valence-corrected chi connectivity index (χ4v) is 5.90. The van der Waals surface area contributed by atoms with E-state index in [2.05, 4.69) is 43.2 Å². The van der Waals surface area contributed by atoms with Crippen molar-refractivity contribution >= 4 is 38.9 Å². The summed E-state index contributed by atoms with van der Waals surface area (Å²) in [6.45, 7) is 2.25. The van der Waals surface area contributed by atoms with Gasteiger partial charge in [-0.2, -0.15) is 5.26 Å². The van der Waals surface area contributed by atoms with Gasteiger partial charge in [0, 0.05) is 40.3 Å². The minimum absolute atomic E-state index is 0.0197. The summed E-state index contributed by atoms with van der Waals surface area (Å²) in [5.74, 6) is -0.122. The molecule has 0 radical (unpaired) electrons. The summed E-state index contributed by atoms with van der Waals surface area (Å²) in [6.07, 6.45) is 3.60. The van der Waals surface area contributed by atoms with Crippen molar-refractivity contribution < 1.29 is 9.18 Å². The smallest absolute Gasteiger partial charge is 0.226 e. The lowest BCUT2D eigenvalue weighted by Crippen LogP contribution is -2.42. The van der Waals surface area contributed by atoms with Gasteiger partial charge in [-0.3, -0.25) is 4.79 Å². The van der Waals surface area contributed by atoms with Crippen LogP contribution in [0.15, 0.2) is 34.1 Å². The van der Waals surface area contributed by atoms with Crippen molar-refractivity contribution in [2.45, 2.75) is 31.7 Å². The molecule has 3 heterocycles. The molecule has 2 fully saturated rings. The van der Waals surface area contributed by atoms with Gasteiger partial charge in [-0.05, 0) is 65.9 Å². The lowest BCUT2D eigenvalue weighted by Gasteiger charge is -2.36. The second-order valence-corrected chi connectivity index (χ2v) is 9.25. The molecule has 0 spiro atoms. The Bertz CT molecular complexity index is 917. The van der Waals surface area contributed by atoms with Gasteiger partial charge in [0.2, 0.25) is 5.91 Å². The highest BCUT2D eigenvalue weighted by Gasteiger charge is 2.36. The van der Waals surface area contributed by atoms with E-state index in [1.54, 1.807) is 17.4 Å². The highest BCUT2D eigenvalue weighted by Crippen LogP contribution is 2.38. The van der Waals surface area contributed by atoms with E-state index >= 15 is 0 Å². The van der Waals surface area contributed by atoms with Gasteiger partial charge in [0.15, 0.2) is 0 Å². The molecule has 0 aliphatic carbocycles. The number of benzene rings is 1. The zero-order chi connectivity index (χ0) is 19.7. The van der Waals surface area contributed by atoms with Crippen LogP contribution in [0.25, 0.3) is 0 Å². The van der Waals surface area contributed by atoms with Crippen molar-refractivity contribution in [3.05, 3.63) is 50.4 Å². The van der Waals surface area contributed by atoms with Gasteiger partial charge in [-0.15, -0.1) is 11.3 Å². The van der Waals surface area contributed by atoms with Gasteiger partial charge >= 0.3 is 0 Å². The van der Waals surface area contributed by atoms with Crippen LogP contribution < -0.4 is 4.90 Å². The van der Waals surface area contributed by atoms with E-state index in [0.717, 1.165) is 42.4 Å². The molecule has 7 heteroatoms. The first-order valence-electron chi connectivity index (χ1n) is 9.56. The van der Waals surface area contributed by atoms with Crippen LogP contribution in [-0.2, 0) is 4.79 Å². The molecule has 4 rings (SSSR count). The number of hydrogen-bond acceptors (Lipinski definition) is 4. The van der Waals surface area contributed by atoms with E-state index in [1.807, 2.05) is 0 Å². The van der Waals surface area contributed by atoms with Gasteiger partial charge in [0.25, 0.3) is 0 Å². The molecule has 1 unspecified atom stereocenters. The highest BCUT2D eigenvalue weighted by atomic mass is 79.9. The molecule has 1 atom stereocenters. The van der Waals surface area contributed by atoms with Crippen molar-refractivity contribution in [1.82, 2.24) is 4.90 Å². The van der Waals surface area contributed by atoms with Crippen LogP contribution in [0, 0.1) is 23.1 Å². The van der Waals surface area contributed by atoms with Crippen LogP contribution in [0.1, 0.15) is 42.2 Å². The Hall–Kier alpha value is -1.91. The summed E-state index contributed by atoms with van der Waals surface area (Å²) in [6, 6.07) is 8.74. The average molecular weight is 462 g/mol. The summed E-state index contributed by atoms with van der Waals surface area (Å²) >= 11 is 5.22. The van der Waals surface area contributed by atoms with Crippen LogP contribution in [-0.4, -0.2) is 30.4 Å². The number of hydrogen-bond donors (Lipinski definition) is 0. The second kappa shape index (κ2) is 8.22. The Balaban J connectivity index is 1.42. The molecule has 0 N–H and O–H groups in total. The van der Waals surface area contributed by atoms with Gasteiger partial charge in [0.05, 0.1) is 17.3 Å². The molecule has 146 valence electrons. The number of thiophene rings is 1. The molecule has 2 saturated heterocycles. The predicted molar refractivity (Wildman–Crippen MR) is 112 cm³/mol. The molecular weight excluding hydrogens is 441 g/mol. The maximum atomic E-state index is 13.4. The van der Waals surface area contributed by atoms with Crippen LogP contribution in [0.2, 0.25) is 0 Å². The van der Waals surface area contributed by atoms with Gasteiger partial charge in [-0.1, -0.05) is 0 Å². The Morgan fingerprint density at radius 2 is 2.00 bits per heavy atom. The molecule has 2 aromatic rings. The molecule has 1 aromatic carbocycles. The zero-order valence-corrected chi connectivity index (χ0v) is 17.8. The molecular formula is C21H21BrFN3OS. The maximum Gasteiger partial charge on any atom is 0.226 e. The predicted octanol–water partition coefficient (Wildman–Crippen LogP) is 5.10. The normalized spacial score (nSPS) is 20.4. The van der Waals surface area contributed by atoms with E-state index in [0.29, 0.717) is 18.7 Å². The Morgan fingerprint density at radius 3 is 2.68 bits per heavy atom. The molecule has 0 bridgehead atoms. The second-order valence-electron chi connectivity index (χ2n) is 7.39. The quantitative estimate of drug-likeness (QED) is 0.638. The lowest BCUT2D eigenvalue weighted by molar-refractivity contribution is -0.137. The van der Waals surface area contributed by atoms with Crippen molar-refractivity contribution in [3.63, 3.8) is 0 Å². The number of nitriles is 1. The van der Waals surface area contributed by atoms with Crippen molar-refractivity contribution in [2.24, 2.45) is 5.92 Å². The highest BCUT2D eigenvalue weighted by molar-refractivity contribution is 9.10. The standard InChI is InChI=1S/C21H21BrFN3OS/c22-16-11-20(28-13-16)19-2-1-7-26(19)21(27)14-5-8-25(9-6-14)18-4-3-17(23)10-15(18)12-24/h3-4,10-11,13-14,19H,1-2,5-9H2. The number of carbonyl (C=O) groups is 1. The number of halogens is 2. The van der Waals surface area contributed by atoms with Crippen molar-refractivity contribution in [2.75, 3.05) is 24.5 Å². The maximum absolute atomic E-state index is 13.4. The van der Waals surface area contributed by atoms with Crippen LogP contribution in [0.5, 0.6) is 0 Å². The zero-order valence-electron chi connectivity index (χ0n) is 15.4. The number of anilines is 1. The molecule has 2 aliphatic heterocycles. The first-order chi connectivity index (χ1) is 13.6. The van der Waals surface area contributed by atoms with E-state index in [9.17, 15) is 14.4 Å². The van der Waals surface area contributed by atoms with Gasteiger partial charge < -0.3 is 9.80 Å². The van der Waals surface area contributed by atoms with E-state index in [1.165, 1.54) is 17.0 Å². The third kappa shape index (κ3) is 3.81. The average Bonchev–Trinajstić information content (AvgIpc) is 3.36. The number of nitrogens with zero attached hydrogens (tertiary/aromatic N) is 3. The van der Waals surface area contributed by atoms with Crippen molar-refractivity contribution in [1.29, 1.82) is 5.26 Å². The van der Waals surface area contributed by atoms with Crippen LogP contribution in [0.3, 0.4) is 0 Å². The molecule has 2 aliphatic rings. The summed E-state index contributed by atoms with van der Waals surface area (Å²) in [7, 11) is 0. The number of likely N-dealkylation sites (tertiary alicyclic amines) is 1. The number of amides is 1. The lowest BCUT2D eigenvalue weighted by atomic mass is 9.94. The Kier molecular flexibility index (Phi) is 5.70. The summed E-state index contributed by atoms with van der Waals surface area (Å²) < 4.78 is 14.5. The van der Waals surface area contributed by atoms with E-state index in [-0.39, 0.29) is 17.9 Å². The SMILES string of the molecule is N#Cc1cc(F)ccc1N1CCC(C(=O)N2CCCC2c2cc(Br)cs2)CC1. The van der Waals surface area contributed by atoms with Gasteiger partial charge in [0.1, 0.15) is 11.9 Å². The van der Waals surface area contributed by atoms with Crippen molar-refractivity contribution in [3.8, 4) is 6.07 Å². The molecule has 1 aromatic heterocycles. The summed E-state index contributed by atoms with van der Waals surface area (Å²) in [5.41, 5.74) is 1.12. The third-order valence-corrected chi connectivity index (χ3v) is 7.51. The molecule has 0 saturated carbocycles. The van der Waals surface area contributed by atoms with E-state index < -0.39 is 5.82 Å². The molecule has 1 amide bonds. The first-order valence-corrected chi connectivity index (χ1v) is 11.2. The number of piperidine rings is 1. The first kappa shape index (κ1) is 19.4.